The Morgan fingerprint density at radius 3 is 2.56 bits per heavy atom. The van der Waals surface area contributed by atoms with E-state index in [2.05, 4.69) is 45.0 Å². The molecule has 0 amide bonds. The van der Waals surface area contributed by atoms with Gasteiger partial charge in [-0.05, 0) is 50.1 Å². The van der Waals surface area contributed by atoms with Crippen LogP contribution in [0.2, 0.25) is 0 Å². The lowest BCUT2D eigenvalue weighted by atomic mass is 9.89. The molecule has 0 aliphatic carbocycles. The van der Waals surface area contributed by atoms with Gasteiger partial charge < -0.3 is 10.8 Å². The second kappa shape index (κ2) is 7.55. The molecular formula is C16H27NO. The number of aliphatic hydroxyl groups is 1. The Kier molecular flexibility index (Phi) is 6.37. The molecule has 0 aliphatic heterocycles. The van der Waals surface area contributed by atoms with Gasteiger partial charge in [0.25, 0.3) is 0 Å². The molecule has 2 heteroatoms. The number of rotatable bonds is 7. The lowest BCUT2D eigenvalue weighted by molar-refractivity contribution is 0.0912. The molecule has 1 aromatic carbocycles. The molecule has 0 aliphatic rings. The summed E-state index contributed by atoms with van der Waals surface area (Å²) in [5.41, 5.74) is 8.33. The highest BCUT2D eigenvalue weighted by molar-refractivity contribution is 5.22. The molecule has 102 valence electrons. The molecule has 2 nitrogen and oxygen atoms in total. The number of aliphatic hydroxyl groups excluding tert-OH is 1. The van der Waals surface area contributed by atoms with Crippen LogP contribution < -0.4 is 5.73 Å². The molecule has 0 radical (unpaired) electrons. The summed E-state index contributed by atoms with van der Waals surface area (Å²) in [6.45, 7) is 7.03. The SMILES string of the molecule is Cc1cccc(CCC(O)C(CN)CC(C)C)c1. The van der Waals surface area contributed by atoms with E-state index < -0.39 is 0 Å². The van der Waals surface area contributed by atoms with Crippen molar-refractivity contribution in [1.82, 2.24) is 0 Å². The van der Waals surface area contributed by atoms with Crippen molar-refractivity contribution in [1.29, 1.82) is 0 Å². The van der Waals surface area contributed by atoms with Crippen LogP contribution >= 0.6 is 0 Å². The maximum atomic E-state index is 10.2. The van der Waals surface area contributed by atoms with E-state index in [1.807, 2.05) is 0 Å². The third-order valence-electron chi connectivity index (χ3n) is 3.43. The van der Waals surface area contributed by atoms with Crippen LogP contribution in [-0.2, 0) is 6.42 Å². The summed E-state index contributed by atoms with van der Waals surface area (Å²) in [7, 11) is 0. The van der Waals surface area contributed by atoms with Gasteiger partial charge in [-0.25, -0.2) is 0 Å². The Morgan fingerprint density at radius 1 is 1.28 bits per heavy atom. The second-order valence-electron chi connectivity index (χ2n) is 5.72. The number of hydrogen-bond acceptors (Lipinski definition) is 2. The van der Waals surface area contributed by atoms with Crippen molar-refractivity contribution in [2.45, 2.75) is 46.1 Å². The third kappa shape index (κ3) is 5.19. The highest BCUT2D eigenvalue weighted by Gasteiger charge is 2.18. The second-order valence-corrected chi connectivity index (χ2v) is 5.72. The van der Waals surface area contributed by atoms with E-state index >= 15 is 0 Å². The van der Waals surface area contributed by atoms with Crippen LogP contribution in [0.1, 0.15) is 37.8 Å². The number of nitrogens with two attached hydrogens (primary N) is 1. The minimum Gasteiger partial charge on any atom is -0.393 e. The van der Waals surface area contributed by atoms with Crippen molar-refractivity contribution < 1.29 is 5.11 Å². The molecule has 1 aromatic rings. The Hall–Kier alpha value is -0.860. The Labute approximate surface area is 111 Å². The summed E-state index contributed by atoms with van der Waals surface area (Å²) in [5.74, 6) is 0.821. The van der Waals surface area contributed by atoms with Gasteiger partial charge >= 0.3 is 0 Å². The van der Waals surface area contributed by atoms with Crippen LogP contribution in [0.3, 0.4) is 0 Å². The fourth-order valence-electron chi connectivity index (χ4n) is 2.43. The van der Waals surface area contributed by atoms with E-state index in [9.17, 15) is 5.11 Å². The molecule has 0 bridgehead atoms. The third-order valence-corrected chi connectivity index (χ3v) is 3.43. The van der Waals surface area contributed by atoms with Gasteiger partial charge in [0, 0.05) is 0 Å². The van der Waals surface area contributed by atoms with Gasteiger partial charge in [-0.15, -0.1) is 0 Å². The van der Waals surface area contributed by atoms with Crippen LogP contribution in [0.15, 0.2) is 24.3 Å². The van der Waals surface area contributed by atoms with Gasteiger partial charge in [0.15, 0.2) is 0 Å². The molecular weight excluding hydrogens is 222 g/mol. The highest BCUT2D eigenvalue weighted by Crippen LogP contribution is 2.18. The molecule has 18 heavy (non-hydrogen) atoms. The van der Waals surface area contributed by atoms with Crippen LogP contribution in [0.25, 0.3) is 0 Å². The van der Waals surface area contributed by atoms with Gasteiger partial charge in [-0.1, -0.05) is 43.7 Å². The summed E-state index contributed by atoms with van der Waals surface area (Å²) >= 11 is 0. The van der Waals surface area contributed by atoms with Gasteiger partial charge in [0.05, 0.1) is 6.10 Å². The molecule has 0 aromatic heterocycles. The van der Waals surface area contributed by atoms with Crippen molar-refractivity contribution in [3.8, 4) is 0 Å². The molecule has 3 N–H and O–H groups in total. The van der Waals surface area contributed by atoms with Crippen LogP contribution in [-0.4, -0.2) is 17.8 Å². The molecule has 2 atom stereocenters. The minimum absolute atomic E-state index is 0.231. The average Bonchev–Trinajstić information content (AvgIpc) is 2.33. The average molecular weight is 249 g/mol. The predicted octanol–water partition coefficient (Wildman–Crippen LogP) is 2.91. The van der Waals surface area contributed by atoms with Gasteiger partial charge in [0.1, 0.15) is 0 Å². The molecule has 0 saturated heterocycles. The van der Waals surface area contributed by atoms with E-state index in [0.717, 1.165) is 19.3 Å². The van der Waals surface area contributed by atoms with Crippen LogP contribution in [0.4, 0.5) is 0 Å². The minimum atomic E-state index is -0.280. The monoisotopic (exact) mass is 249 g/mol. The number of hydrogen-bond donors (Lipinski definition) is 2. The number of aryl methyl sites for hydroxylation is 2. The maximum Gasteiger partial charge on any atom is 0.0583 e. The van der Waals surface area contributed by atoms with E-state index in [4.69, 9.17) is 5.73 Å². The fourth-order valence-corrected chi connectivity index (χ4v) is 2.43. The molecule has 0 heterocycles. The van der Waals surface area contributed by atoms with E-state index in [-0.39, 0.29) is 12.0 Å². The molecule has 2 unspecified atom stereocenters. The Balaban J connectivity index is 2.46. The first-order valence-electron chi connectivity index (χ1n) is 6.96. The van der Waals surface area contributed by atoms with E-state index in [1.54, 1.807) is 0 Å². The first kappa shape index (κ1) is 15.2. The van der Waals surface area contributed by atoms with E-state index in [1.165, 1.54) is 11.1 Å². The number of benzene rings is 1. The molecule has 0 spiro atoms. The van der Waals surface area contributed by atoms with Gasteiger partial charge in [-0.3, -0.25) is 0 Å². The van der Waals surface area contributed by atoms with Gasteiger partial charge in [0.2, 0.25) is 0 Å². The lowest BCUT2D eigenvalue weighted by Gasteiger charge is -2.23. The highest BCUT2D eigenvalue weighted by atomic mass is 16.3. The topological polar surface area (TPSA) is 46.2 Å². The standard InChI is InChI=1S/C16H27NO/c1-12(2)9-15(11-17)16(18)8-7-14-6-4-5-13(3)10-14/h4-6,10,12,15-16,18H,7-9,11,17H2,1-3H3. The Morgan fingerprint density at radius 2 is 2.00 bits per heavy atom. The summed E-state index contributed by atoms with van der Waals surface area (Å²) < 4.78 is 0. The molecule has 0 saturated carbocycles. The van der Waals surface area contributed by atoms with Crippen molar-refractivity contribution >= 4 is 0 Å². The van der Waals surface area contributed by atoms with Crippen molar-refractivity contribution in [3.63, 3.8) is 0 Å². The normalized spacial score (nSPS) is 14.8. The molecule has 0 fully saturated rings. The summed E-state index contributed by atoms with van der Waals surface area (Å²) in [5, 5.41) is 10.2. The van der Waals surface area contributed by atoms with Crippen molar-refractivity contribution in [3.05, 3.63) is 35.4 Å². The maximum absolute atomic E-state index is 10.2. The zero-order valence-electron chi connectivity index (χ0n) is 11.9. The first-order chi connectivity index (χ1) is 8.52. The smallest absolute Gasteiger partial charge is 0.0583 e. The Bertz CT molecular complexity index is 349. The summed E-state index contributed by atoms with van der Waals surface area (Å²) in [6.07, 6.45) is 2.46. The quantitative estimate of drug-likeness (QED) is 0.780. The molecule has 1 rings (SSSR count). The zero-order valence-corrected chi connectivity index (χ0v) is 11.9. The largest absolute Gasteiger partial charge is 0.393 e. The fraction of sp³-hybridized carbons (Fsp3) is 0.625. The lowest BCUT2D eigenvalue weighted by Crippen LogP contribution is -2.29. The van der Waals surface area contributed by atoms with Crippen molar-refractivity contribution in [2.24, 2.45) is 17.6 Å². The van der Waals surface area contributed by atoms with Crippen molar-refractivity contribution in [2.75, 3.05) is 6.54 Å². The summed E-state index contributed by atoms with van der Waals surface area (Å²) in [6, 6.07) is 8.49. The first-order valence-corrected chi connectivity index (χ1v) is 6.96. The predicted molar refractivity (Wildman–Crippen MR) is 77.5 cm³/mol. The van der Waals surface area contributed by atoms with E-state index in [0.29, 0.717) is 12.5 Å². The van der Waals surface area contributed by atoms with Crippen LogP contribution in [0.5, 0.6) is 0 Å². The van der Waals surface area contributed by atoms with Crippen LogP contribution in [0, 0.1) is 18.8 Å². The van der Waals surface area contributed by atoms with Gasteiger partial charge in [-0.2, -0.15) is 0 Å². The summed E-state index contributed by atoms with van der Waals surface area (Å²) in [4.78, 5) is 0. The zero-order chi connectivity index (χ0) is 13.5.